The fraction of sp³-hybridized carbons (Fsp3) is 0.444. The minimum atomic E-state index is -0.760. The first-order valence-corrected chi connectivity index (χ1v) is 9.00. The number of rotatable bonds is 9. The maximum atomic E-state index is 11.0. The van der Waals surface area contributed by atoms with Crippen molar-refractivity contribution in [2.24, 2.45) is 0 Å². The van der Waals surface area contributed by atoms with Gasteiger partial charge in [0.15, 0.2) is 5.13 Å². The van der Waals surface area contributed by atoms with Crippen molar-refractivity contribution in [3.63, 3.8) is 0 Å². The highest BCUT2D eigenvalue weighted by Crippen LogP contribution is 2.38. The summed E-state index contributed by atoms with van der Waals surface area (Å²) in [5.41, 5.74) is 1.65. The van der Waals surface area contributed by atoms with E-state index in [9.17, 15) is 4.79 Å². The van der Waals surface area contributed by atoms with Gasteiger partial charge in [0.2, 0.25) is 0 Å². The number of carbonyl (C=O) groups is 1. The van der Waals surface area contributed by atoms with Crippen LogP contribution in [0, 0.1) is 0 Å². The van der Waals surface area contributed by atoms with Crippen LogP contribution in [0.25, 0.3) is 0 Å². The van der Waals surface area contributed by atoms with Gasteiger partial charge >= 0.3 is 5.97 Å². The minimum absolute atomic E-state index is 0.161. The summed E-state index contributed by atoms with van der Waals surface area (Å²) in [4.78, 5) is 15.7. The molecule has 0 radical (unpaired) electrons. The minimum Gasteiger partial charge on any atom is -0.495 e. The number of hydrogen-bond donors (Lipinski definition) is 2. The molecule has 2 aromatic rings. The lowest BCUT2D eigenvalue weighted by atomic mass is 9.76. The number of methoxy groups -OCH3 is 1. The molecule has 0 aliphatic carbocycles. The molecule has 24 heavy (non-hydrogen) atoms. The van der Waals surface area contributed by atoms with E-state index in [1.54, 1.807) is 7.11 Å². The van der Waals surface area contributed by atoms with Gasteiger partial charge in [0.25, 0.3) is 0 Å². The van der Waals surface area contributed by atoms with E-state index in [1.165, 1.54) is 11.3 Å². The average molecular weight is 348 g/mol. The summed E-state index contributed by atoms with van der Waals surface area (Å²) < 4.78 is 5.35. The van der Waals surface area contributed by atoms with E-state index in [0.29, 0.717) is 6.42 Å². The maximum absolute atomic E-state index is 11.0. The summed E-state index contributed by atoms with van der Waals surface area (Å²) >= 11 is 1.53. The zero-order valence-corrected chi connectivity index (χ0v) is 15.2. The number of carboxylic acids is 1. The van der Waals surface area contributed by atoms with Gasteiger partial charge in [-0.2, -0.15) is 0 Å². The van der Waals surface area contributed by atoms with Crippen LogP contribution in [0.4, 0.5) is 10.8 Å². The van der Waals surface area contributed by atoms with Crippen molar-refractivity contribution < 1.29 is 14.6 Å². The standard InChI is InChI=1S/C18H24N2O3S/c1-4-18(5-2,11-10-16(21)22)15-12-24-17(20-15)19-13-8-6-7-9-14(13)23-3/h6-9,12H,4-5,10-11H2,1-3H3,(H,19,20)(H,21,22). The molecule has 1 aromatic carbocycles. The smallest absolute Gasteiger partial charge is 0.303 e. The van der Waals surface area contributed by atoms with Gasteiger partial charge in [0.1, 0.15) is 5.75 Å². The molecule has 0 unspecified atom stereocenters. The van der Waals surface area contributed by atoms with Crippen molar-refractivity contribution in [1.82, 2.24) is 4.98 Å². The highest BCUT2D eigenvalue weighted by molar-refractivity contribution is 7.13. The van der Waals surface area contributed by atoms with Gasteiger partial charge in [-0.05, 0) is 31.4 Å². The van der Waals surface area contributed by atoms with E-state index in [2.05, 4.69) is 19.2 Å². The fourth-order valence-corrected chi connectivity index (χ4v) is 3.72. The topological polar surface area (TPSA) is 71.5 Å². The number of aliphatic carboxylic acids is 1. The van der Waals surface area contributed by atoms with Crippen molar-refractivity contribution >= 4 is 28.1 Å². The fourth-order valence-electron chi connectivity index (χ4n) is 2.88. The van der Waals surface area contributed by atoms with Crippen LogP contribution in [0.15, 0.2) is 29.6 Å². The summed E-state index contributed by atoms with van der Waals surface area (Å²) in [6.45, 7) is 4.19. The Morgan fingerprint density at radius 3 is 2.67 bits per heavy atom. The Bertz CT molecular complexity index is 680. The number of carboxylic acid groups (broad SMARTS) is 1. The van der Waals surface area contributed by atoms with Crippen LogP contribution >= 0.6 is 11.3 Å². The predicted molar refractivity (Wildman–Crippen MR) is 97.5 cm³/mol. The number of anilines is 2. The lowest BCUT2D eigenvalue weighted by Gasteiger charge is -2.29. The summed E-state index contributed by atoms with van der Waals surface area (Å²) in [6.07, 6.45) is 2.50. The molecule has 0 amide bonds. The van der Waals surface area contributed by atoms with Crippen LogP contribution in [0.1, 0.15) is 45.2 Å². The van der Waals surface area contributed by atoms with Crippen molar-refractivity contribution in [1.29, 1.82) is 0 Å². The van der Waals surface area contributed by atoms with Crippen LogP contribution in [-0.2, 0) is 10.2 Å². The Morgan fingerprint density at radius 2 is 2.04 bits per heavy atom. The number of nitrogens with zero attached hydrogens (tertiary/aromatic N) is 1. The zero-order chi connectivity index (χ0) is 17.6. The summed E-state index contributed by atoms with van der Waals surface area (Å²) in [6, 6.07) is 7.69. The largest absolute Gasteiger partial charge is 0.495 e. The van der Waals surface area contributed by atoms with Crippen LogP contribution in [0.2, 0.25) is 0 Å². The molecule has 1 aromatic heterocycles. The number of ether oxygens (including phenoxy) is 1. The van der Waals surface area contributed by atoms with E-state index in [4.69, 9.17) is 14.8 Å². The molecule has 2 N–H and O–H groups in total. The van der Waals surface area contributed by atoms with Crippen LogP contribution in [0.3, 0.4) is 0 Å². The highest BCUT2D eigenvalue weighted by atomic mass is 32.1. The van der Waals surface area contributed by atoms with Crippen molar-refractivity contribution in [2.45, 2.75) is 44.9 Å². The second-order valence-electron chi connectivity index (χ2n) is 5.74. The molecule has 0 atom stereocenters. The monoisotopic (exact) mass is 348 g/mol. The second-order valence-corrected chi connectivity index (χ2v) is 6.60. The zero-order valence-electron chi connectivity index (χ0n) is 14.3. The predicted octanol–water partition coefficient (Wildman–Crippen LogP) is 4.82. The maximum Gasteiger partial charge on any atom is 0.303 e. The first-order chi connectivity index (χ1) is 11.5. The number of hydrogen-bond acceptors (Lipinski definition) is 5. The van der Waals surface area contributed by atoms with E-state index in [1.807, 2.05) is 29.6 Å². The number of aromatic nitrogens is 1. The molecule has 0 aliphatic heterocycles. The first-order valence-electron chi connectivity index (χ1n) is 8.12. The lowest BCUT2D eigenvalue weighted by molar-refractivity contribution is -0.137. The molecule has 6 heteroatoms. The summed E-state index contributed by atoms with van der Waals surface area (Å²) in [5, 5.41) is 15.1. The number of para-hydroxylation sites is 2. The van der Waals surface area contributed by atoms with Crippen LogP contribution < -0.4 is 10.1 Å². The van der Waals surface area contributed by atoms with E-state index in [-0.39, 0.29) is 11.8 Å². The molecular formula is C18H24N2O3S. The average Bonchev–Trinajstić information content (AvgIpc) is 3.05. The third-order valence-electron chi connectivity index (χ3n) is 4.57. The molecule has 0 spiro atoms. The summed E-state index contributed by atoms with van der Waals surface area (Å²) in [5.74, 6) is 0.00116. The molecule has 0 bridgehead atoms. The second kappa shape index (κ2) is 8.15. The van der Waals surface area contributed by atoms with Gasteiger partial charge in [-0.3, -0.25) is 4.79 Å². The Morgan fingerprint density at radius 1 is 1.33 bits per heavy atom. The van der Waals surface area contributed by atoms with Crippen LogP contribution in [-0.4, -0.2) is 23.2 Å². The van der Waals surface area contributed by atoms with Gasteiger partial charge in [0, 0.05) is 17.2 Å². The highest BCUT2D eigenvalue weighted by Gasteiger charge is 2.31. The van der Waals surface area contributed by atoms with Crippen molar-refractivity contribution in [3.8, 4) is 5.75 Å². The van der Waals surface area contributed by atoms with E-state index in [0.717, 1.165) is 35.1 Å². The number of thiazole rings is 1. The molecule has 1 heterocycles. The van der Waals surface area contributed by atoms with E-state index < -0.39 is 5.97 Å². The molecule has 2 rings (SSSR count). The van der Waals surface area contributed by atoms with E-state index >= 15 is 0 Å². The first kappa shape index (κ1) is 18.3. The Hall–Kier alpha value is -2.08. The van der Waals surface area contributed by atoms with Crippen LogP contribution in [0.5, 0.6) is 5.75 Å². The molecule has 0 saturated heterocycles. The molecule has 0 aliphatic rings. The van der Waals surface area contributed by atoms with Gasteiger partial charge in [-0.25, -0.2) is 4.98 Å². The van der Waals surface area contributed by atoms with Gasteiger partial charge < -0.3 is 15.2 Å². The van der Waals surface area contributed by atoms with Crippen molar-refractivity contribution in [2.75, 3.05) is 12.4 Å². The molecule has 5 nitrogen and oxygen atoms in total. The van der Waals surface area contributed by atoms with Gasteiger partial charge in [-0.15, -0.1) is 11.3 Å². The third-order valence-corrected chi connectivity index (χ3v) is 5.32. The molecule has 0 saturated carbocycles. The third kappa shape index (κ3) is 4.06. The lowest BCUT2D eigenvalue weighted by Crippen LogP contribution is -2.26. The summed E-state index contributed by atoms with van der Waals surface area (Å²) in [7, 11) is 1.64. The molecule has 0 fully saturated rings. The Kier molecular flexibility index (Phi) is 6.20. The molecular weight excluding hydrogens is 324 g/mol. The SMILES string of the molecule is CCC(CC)(CCC(=O)O)c1csc(Nc2ccccc2OC)n1. The normalized spacial score (nSPS) is 11.3. The Balaban J connectivity index is 2.22. The number of nitrogens with one attached hydrogen (secondary N) is 1. The molecule has 130 valence electrons. The van der Waals surface area contributed by atoms with Gasteiger partial charge in [-0.1, -0.05) is 26.0 Å². The number of benzene rings is 1. The van der Waals surface area contributed by atoms with Crippen molar-refractivity contribution in [3.05, 3.63) is 35.3 Å². The Labute approximate surface area is 146 Å². The quantitative estimate of drug-likeness (QED) is 0.680. The van der Waals surface area contributed by atoms with Gasteiger partial charge in [0.05, 0.1) is 18.5 Å².